The van der Waals surface area contributed by atoms with Crippen LogP contribution in [0.25, 0.3) is 67.8 Å². The Bertz CT molecular complexity index is 5910. The van der Waals surface area contributed by atoms with Crippen molar-refractivity contribution in [3.63, 3.8) is 0 Å². The molecule has 0 aliphatic heterocycles. The molecule has 119 heavy (non-hydrogen) atoms. The number of aryl methyl sites for hydroxylation is 2. The second-order valence-electron chi connectivity index (χ2n) is 33.1. The molecule has 578 valence electrons. The van der Waals surface area contributed by atoms with E-state index >= 15 is 0 Å². The number of anilines is 6. The largest absolute Gasteiger partial charge is 0.310 e. The Morgan fingerprint density at radius 3 is 0.882 bits per heavy atom. The first-order valence-corrected chi connectivity index (χ1v) is 43.2. The predicted octanol–water partition coefficient (Wildman–Crippen LogP) is 31.0. The van der Waals surface area contributed by atoms with E-state index in [0.29, 0.717) is 0 Å². The summed E-state index contributed by atoms with van der Waals surface area (Å²) in [5, 5.41) is 0. The third-order valence-electron chi connectivity index (χ3n) is 26.2. The molecule has 2 heteroatoms. The maximum atomic E-state index is 4.15. The molecule has 2 unspecified atom stereocenters. The van der Waals surface area contributed by atoms with E-state index in [2.05, 4.69) is 425 Å². The predicted molar refractivity (Wildman–Crippen MR) is 504 cm³/mol. The minimum absolute atomic E-state index is 0.537. The van der Waals surface area contributed by atoms with Gasteiger partial charge in [-0.2, -0.15) is 0 Å². The number of rotatable bonds is 28. The highest BCUT2D eigenvalue weighted by atomic mass is 15.1. The molecule has 0 heterocycles. The normalized spacial score (nSPS) is 14.9. The van der Waals surface area contributed by atoms with Crippen LogP contribution < -0.4 is 9.80 Å². The molecule has 16 aromatic carbocycles. The van der Waals surface area contributed by atoms with Gasteiger partial charge in [-0.1, -0.05) is 393 Å². The molecular weight excluding hydrogens is 1430 g/mol. The SMILES string of the molecule is C=Cc1ccc(CC2(c3ccccc3)c3ccccc3-c3ccc(N(c4ccc(-c5ccccc5)cc4)c4ccc5c(c4)C(c4ccc(CCCCCC)cc4)(c4ccc(CCCCCC)cc4)c4cc(N(c6ccc(-c7ccccc7)cc6)c6ccc7c(c6)C(Cc6ccc(C=C)cc6)(c6ccccc6)c6ccccc6-7)ccc4-5)cc32)cc1. The fourth-order valence-electron chi connectivity index (χ4n) is 20.3. The summed E-state index contributed by atoms with van der Waals surface area (Å²) in [6.45, 7) is 12.9. The Morgan fingerprint density at radius 2 is 0.529 bits per heavy atom. The smallest absolute Gasteiger partial charge is 0.0715 e. The molecule has 3 aliphatic carbocycles. The van der Waals surface area contributed by atoms with Crippen LogP contribution in [0.5, 0.6) is 0 Å². The third-order valence-corrected chi connectivity index (χ3v) is 26.2. The summed E-state index contributed by atoms with van der Waals surface area (Å²) in [7, 11) is 0. The van der Waals surface area contributed by atoms with E-state index in [9.17, 15) is 0 Å². The first kappa shape index (κ1) is 75.6. The van der Waals surface area contributed by atoms with Crippen molar-refractivity contribution in [2.75, 3.05) is 9.80 Å². The lowest BCUT2D eigenvalue weighted by Crippen LogP contribution is -2.30. The number of benzene rings is 16. The summed E-state index contributed by atoms with van der Waals surface area (Å²) in [6.07, 6.45) is 17.2. The average Bonchev–Trinajstić information content (AvgIpc) is 1.56. The van der Waals surface area contributed by atoms with Gasteiger partial charge in [0.15, 0.2) is 0 Å². The Morgan fingerprint density at radius 1 is 0.235 bits per heavy atom. The molecule has 0 spiro atoms. The van der Waals surface area contributed by atoms with Gasteiger partial charge in [-0.25, -0.2) is 0 Å². The van der Waals surface area contributed by atoms with Crippen LogP contribution in [-0.2, 0) is 41.9 Å². The molecule has 19 rings (SSSR count). The standard InChI is InChI=1S/C117H100N2/c1-5-9-11-17-31-85-53-61-95(62-54-85)117(96-63-55-86(56-64-96)32-18-12-10-6-2)113-79-101(118(97-65-57-91(58-66-97)89-33-19-13-20-34-89)99-69-73-105-103-41-27-29-43-109(103)115(111(105)77-99,93-37-23-15-24-38-93)81-87-49-45-83(7-3)46-50-87)71-75-107(113)108-76-72-102(80-114(108)117)119(98-67-59-92(60-68-98)90-35-21-14-22-36-90)100-70-74-106-104-42-28-30-44-110(104)116(112(106)78-100,94-39-25-16-26-40-94)82-88-51-47-84(8-4)48-52-88/h7-8,13-16,19-30,33-80H,3-6,9-12,17-18,31-32,81-82H2,1-2H3. The molecule has 0 fully saturated rings. The van der Waals surface area contributed by atoms with Gasteiger partial charge in [0, 0.05) is 34.1 Å². The van der Waals surface area contributed by atoms with Gasteiger partial charge in [-0.15, -0.1) is 0 Å². The molecule has 0 N–H and O–H groups in total. The van der Waals surface area contributed by atoms with Crippen molar-refractivity contribution >= 4 is 46.3 Å². The molecule has 0 amide bonds. The first-order chi connectivity index (χ1) is 58.8. The lowest BCUT2D eigenvalue weighted by molar-refractivity contribution is 0.629. The van der Waals surface area contributed by atoms with E-state index in [1.54, 1.807) is 0 Å². The van der Waals surface area contributed by atoms with Crippen LogP contribution in [0.2, 0.25) is 0 Å². The van der Waals surface area contributed by atoms with Gasteiger partial charge >= 0.3 is 0 Å². The quantitative estimate of drug-likeness (QED) is 0.0451. The number of hydrogen-bond donors (Lipinski definition) is 0. The number of fused-ring (bicyclic) bond motifs is 9. The van der Waals surface area contributed by atoms with Crippen LogP contribution in [0, 0.1) is 0 Å². The van der Waals surface area contributed by atoms with E-state index in [1.807, 2.05) is 12.2 Å². The molecule has 0 saturated carbocycles. The van der Waals surface area contributed by atoms with Crippen molar-refractivity contribution in [2.24, 2.45) is 0 Å². The Labute approximate surface area is 704 Å². The molecule has 16 aromatic rings. The second-order valence-corrected chi connectivity index (χ2v) is 33.1. The summed E-state index contributed by atoms with van der Waals surface area (Å²) in [6, 6.07) is 149. The first-order valence-electron chi connectivity index (χ1n) is 43.2. The van der Waals surface area contributed by atoms with E-state index in [1.165, 1.54) is 172 Å². The van der Waals surface area contributed by atoms with Crippen molar-refractivity contribution in [1.82, 2.24) is 0 Å². The van der Waals surface area contributed by atoms with Crippen molar-refractivity contribution in [3.8, 4) is 55.6 Å². The Hall–Kier alpha value is -13.4. The molecule has 2 nitrogen and oxygen atoms in total. The number of unbranched alkanes of at least 4 members (excludes halogenated alkanes) is 6. The Kier molecular flexibility index (Phi) is 20.9. The van der Waals surface area contributed by atoms with Gasteiger partial charge in [-0.3, -0.25) is 0 Å². The number of hydrogen-bond acceptors (Lipinski definition) is 2. The van der Waals surface area contributed by atoms with E-state index < -0.39 is 16.2 Å². The minimum Gasteiger partial charge on any atom is -0.310 e. The molecule has 0 radical (unpaired) electrons. The van der Waals surface area contributed by atoms with Gasteiger partial charge < -0.3 is 9.80 Å². The molecule has 0 bridgehead atoms. The lowest BCUT2D eigenvalue weighted by atomic mass is 9.67. The third kappa shape index (κ3) is 13.8. The highest BCUT2D eigenvalue weighted by Gasteiger charge is 2.50. The summed E-state index contributed by atoms with van der Waals surface area (Å²) in [4.78, 5) is 5.12. The van der Waals surface area contributed by atoms with E-state index in [4.69, 9.17) is 0 Å². The zero-order valence-corrected chi connectivity index (χ0v) is 68.4. The molecular formula is C117H100N2. The zero-order chi connectivity index (χ0) is 80.3. The van der Waals surface area contributed by atoms with Gasteiger partial charge in [0.2, 0.25) is 0 Å². The van der Waals surface area contributed by atoms with Crippen LogP contribution in [0.1, 0.15) is 154 Å². The maximum absolute atomic E-state index is 4.15. The summed E-state index contributed by atoms with van der Waals surface area (Å²) < 4.78 is 0. The van der Waals surface area contributed by atoms with Gasteiger partial charge in [0.1, 0.15) is 0 Å². The van der Waals surface area contributed by atoms with Crippen LogP contribution in [-0.4, -0.2) is 0 Å². The molecule has 3 aliphatic rings. The van der Waals surface area contributed by atoms with Crippen LogP contribution >= 0.6 is 0 Å². The number of nitrogens with zero attached hydrogens (tertiary/aromatic N) is 2. The van der Waals surface area contributed by atoms with Crippen molar-refractivity contribution in [3.05, 3.63) is 490 Å². The molecule has 0 aromatic heterocycles. The molecule has 0 saturated heterocycles. The van der Waals surface area contributed by atoms with Crippen LogP contribution in [0.3, 0.4) is 0 Å². The molecule has 2 atom stereocenters. The highest BCUT2D eigenvalue weighted by Crippen LogP contribution is 2.62. The fourth-order valence-corrected chi connectivity index (χ4v) is 20.3. The Balaban J connectivity index is 0.849. The zero-order valence-electron chi connectivity index (χ0n) is 68.4. The second kappa shape index (κ2) is 32.9. The van der Waals surface area contributed by atoms with Gasteiger partial charge in [0.05, 0.1) is 16.2 Å². The fraction of sp³-hybridized carbons (Fsp3) is 0.145. The van der Waals surface area contributed by atoms with E-state index in [0.717, 1.165) is 83.8 Å². The van der Waals surface area contributed by atoms with Crippen LogP contribution in [0.4, 0.5) is 34.1 Å². The highest BCUT2D eigenvalue weighted by molar-refractivity contribution is 5.95. The lowest BCUT2D eigenvalue weighted by Gasteiger charge is -2.36. The monoisotopic (exact) mass is 1530 g/mol. The van der Waals surface area contributed by atoms with Crippen molar-refractivity contribution in [1.29, 1.82) is 0 Å². The van der Waals surface area contributed by atoms with Gasteiger partial charge in [0.25, 0.3) is 0 Å². The van der Waals surface area contributed by atoms with E-state index in [-0.39, 0.29) is 0 Å². The summed E-state index contributed by atoms with van der Waals surface area (Å²) >= 11 is 0. The maximum Gasteiger partial charge on any atom is 0.0715 e. The minimum atomic E-state index is -0.837. The van der Waals surface area contributed by atoms with Crippen molar-refractivity contribution in [2.45, 2.75) is 107 Å². The summed E-state index contributed by atoms with van der Waals surface area (Å²) in [5.41, 5.74) is 37.0. The topological polar surface area (TPSA) is 6.48 Å². The van der Waals surface area contributed by atoms with Crippen molar-refractivity contribution < 1.29 is 0 Å². The summed E-state index contributed by atoms with van der Waals surface area (Å²) in [5.74, 6) is 0. The van der Waals surface area contributed by atoms with Crippen LogP contribution in [0.15, 0.2) is 401 Å². The van der Waals surface area contributed by atoms with Gasteiger partial charge in [-0.05, 0) is 256 Å². The average molecular weight is 1530 g/mol.